The fraction of sp³-hybridized carbons (Fsp3) is 0.812. The lowest BCUT2D eigenvalue weighted by Crippen LogP contribution is -2.23. The van der Waals surface area contributed by atoms with Crippen LogP contribution < -0.4 is 0 Å². The van der Waals surface area contributed by atoms with Crippen LogP contribution in [-0.4, -0.2) is 27.3 Å². The minimum absolute atomic E-state index is 0.169. The van der Waals surface area contributed by atoms with Gasteiger partial charge in [0.15, 0.2) is 0 Å². The zero-order valence-electron chi connectivity index (χ0n) is 13.6. The summed E-state index contributed by atoms with van der Waals surface area (Å²) in [6, 6.07) is 0.444. The first-order chi connectivity index (χ1) is 10.0. The van der Waals surface area contributed by atoms with Crippen molar-refractivity contribution in [2.24, 2.45) is 5.92 Å². The van der Waals surface area contributed by atoms with E-state index in [1.807, 2.05) is 13.8 Å². The molecule has 1 aromatic rings. The van der Waals surface area contributed by atoms with Gasteiger partial charge in [0.2, 0.25) is 0 Å². The number of carbonyl (C=O) groups excluding carboxylic acids is 1. The van der Waals surface area contributed by atoms with Gasteiger partial charge in [-0.05, 0) is 39.0 Å². The summed E-state index contributed by atoms with van der Waals surface area (Å²) in [5.41, 5.74) is 0. The molecule has 21 heavy (non-hydrogen) atoms. The van der Waals surface area contributed by atoms with Gasteiger partial charge in [-0.1, -0.05) is 26.7 Å². The summed E-state index contributed by atoms with van der Waals surface area (Å²) in [4.78, 5) is 12.4. The molecular weight excluding hydrogens is 266 g/mol. The van der Waals surface area contributed by atoms with Crippen molar-refractivity contribution < 1.29 is 9.53 Å². The molecule has 1 aliphatic rings. The van der Waals surface area contributed by atoms with Gasteiger partial charge in [-0.15, -0.1) is 10.2 Å². The number of ether oxygens (including phenoxy) is 1. The molecule has 1 saturated carbocycles. The van der Waals surface area contributed by atoms with Gasteiger partial charge < -0.3 is 9.30 Å². The second-order valence-electron chi connectivity index (χ2n) is 6.35. The van der Waals surface area contributed by atoms with Crippen molar-refractivity contribution in [1.82, 2.24) is 14.8 Å². The molecule has 1 atom stereocenters. The Morgan fingerprint density at radius 1 is 1.33 bits per heavy atom. The average molecular weight is 293 g/mol. The van der Waals surface area contributed by atoms with Crippen LogP contribution in [0.1, 0.15) is 76.5 Å². The highest BCUT2D eigenvalue weighted by molar-refractivity contribution is 5.77. The number of rotatable bonds is 6. The van der Waals surface area contributed by atoms with Crippen LogP contribution in [0.4, 0.5) is 0 Å². The molecule has 1 aromatic heterocycles. The first kappa shape index (κ1) is 16.0. The molecule has 0 bridgehead atoms. The second-order valence-corrected chi connectivity index (χ2v) is 6.35. The maximum Gasteiger partial charge on any atom is 0.316 e. The SMILES string of the molecule is CCOC(=O)C(CC(C)C)c1nnc(C)n1C1CCCC1. The molecule has 0 aromatic carbocycles. The molecule has 1 unspecified atom stereocenters. The van der Waals surface area contributed by atoms with Crippen LogP contribution in [0.2, 0.25) is 0 Å². The van der Waals surface area contributed by atoms with E-state index in [1.165, 1.54) is 12.8 Å². The van der Waals surface area contributed by atoms with Crippen LogP contribution in [0, 0.1) is 12.8 Å². The third-order valence-electron chi connectivity index (χ3n) is 4.17. The van der Waals surface area contributed by atoms with E-state index in [4.69, 9.17) is 4.74 Å². The molecule has 1 aliphatic carbocycles. The van der Waals surface area contributed by atoms with Crippen molar-refractivity contribution in [2.45, 2.75) is 71.8 Å². The van der Waals surface area contributed by atoms with Crippen LogP contribution in [0.3, 0.4) is 0 Å². The largest absolute Gasteiger partial charge is 0.465 e. The van der Waals surface area contributed by atoms with Crippen LogP contribution in [0.25, 0.3) is 0 Å². The zero-order chi connectivity index (χ0) is 15.4. The standard InChI is InChI=1S/C16H27N3O2/c1-5-21-16(20)14(10-11(2)3)15-18-17-12(4)19(15)13-8-6-7-9-13/h11,13-14H,5-10H2,1-4H3. The lowest BCUT2D eigenvalue weighted by Gasteiger charge is -2.21. The Kier molecular flexibility index (Phi) is 5.37. The lowest BCUT2D eigenvalue weighted by molar-refractivity contribution is -0.145. The second kappa shape index (κ2) is 7.05. The highest BCUT2D eigenvalue weighted by atomic mass is 16.5. The van der Waals surface area contributed by atoms with Crippen molar-refractivity contribution in [2.75, 3.05) is 6.61 Å². The minimum atomic E-state index is -0.299. The van der Waals surface area contributed by atoms with Crippen LogP contribution in [-0.2, 0) is 9.53 Å². The molecule has 0 amide bonds. The fourth-order valence-electron chi connectivity index (χ4n) is 3.26. The van der Waals surface area contributed by atoms with E-state index in [2.05, 4.69) is 28.6 Å². The molecule has 0 saturated heterocycles. The van der Waals surface area contributed by atoms with Crippen molar-refractivity contribution in [3.63, 3.8) is 0 Å². The lowest BCUT2D eigenvalue weighted by atomic mass is 9.96. The summed E-state index contributed by atoms with van der Waals surface area (Å²) in [7, 11) is 0. The summed E-state index contributed by atoms with van der Waals surface area (Å²) in [5, 5.41) is 8.57. The summed E-state index contributed by atoms with van der Waals surface area (Å²) in [5.74, 6) is 1.65. The highest BCUT2D eigenvalue weighted by Crippen LogP contribution is 2.34. The minimum Gasteiger partial charge on any atom is -0.465 e. The molecule has 0 radical (unpaired) electrons. The van der Waals surface area contributed by atoms with Crippen LogP contribution in [0.5, 0.6) is 0 Å². The molecule has 0 spiro atoms. The van der Waals surface area contributed by atoms with Gasteiger partial charge >= 0.3 is 5.97 Å². The molecule has 118 valence electrons. The van der Waals surface area contributed by atoms with Gasteiger partial charge in [0.25, 0.3) is 0 Å². The molecular formula is C16H27N3O2. The van der Waals surface area contributed by atoms with Gasteiger partial charge in [-0.25, -0.2) is 0 Å². The predicted molar refractivity (Wildman–Crippen MR) is 81.1 cm³/mol. The molecule has 0 aliphatic heterocycles. The molecule has 1 heterocycles. The number of nitrogens with zero attached hydrogens (tertiary/aromatic N) is 3. The number of esters is 1. The molecule has 5 nitrogen and oxygen atoms in total. The van der Waals surface area contributed by atoms with Gasteiger partial charge in [-0.2, -0.15) is 0 Å². The summed E-state index contributed by atoms with van der Waals surface area (Å²) < 4.78 is 7.46. The summed E-state index contributed by atoms with van der Waals surface area (Å²) in [6.45, 7) is 8.47. The third-order valence-corrected chi connectivity index (χ3v) is 4.17. The number of aryl methyl sites for hydroxylation is 1. The Labute approximate surface area is 127 Å². The maximum absolute atomic E-state index is 12.4. The van der Waals surface area contributed by atoms with Crippen molar-refractivity contribution in [3.05, 3.63) is 11.6 Å². The average Bonchev–Trinajstić information content (AvgIpc) is 3.05. The first-order valence-corrected chi connectivity index (χ1v) is 8.12. The van der Waals surface area contributed by atoms with Gasteiger partial charge in [0.1, 0.15) is 17.6 Å². The van der Waals surface area contributed by atoms with E-state index in [-0.39, 0.29) is 11.9 Å². The Balaban J connectivity index is 2.32. The molecule has 2 rings (SSSR count). The Morgan fingerprint density at radius 3 is 2.57 bits per heavy atom. The molecule has 0 N–H and O–H groups in total. The zero-order valence-corrected chi connectivity index (χ0v) is 13.6. The van der Waals surface area contributed by atoms with Gasteiger partial charge in [-0.3, -0.25) is 4.79 Å². The summed E-state index contributed by atoms with van der Waals surface area (Å²) >= 11 is 0. The molecule has 1 fully saturated rings. The monoisotopic (exact) mass is 293 g/mol. The van der Waals surface area contributed by atoms with E-state index in [0.717, 1.165) is 30.9 Å². The predicted octanol–water partition coefficient (Wildman–Crippen LogP) is 3.39. The number of hydrogen-bond acceptors (Lipinski definition) is 4. The van der Waals surface area contributed by atoms with Crippen LogP contribution in [0.15, 0.2) is 0 Å². The first-order valence-electron chi connectivity index (χ1n) is 8.12. The van der Waals surface area contributed by atoms with E-state index in [0.29, 0.717) is 18.6 Å². The van der Waals surface area contributed by atoms with E-state index >= 15 is 0 Å². The Hall–Kier alpha value is -1.39. The maximum atomic E-state index is 12.4. The topological polar surface area (TPSA) is 57.0 Å². The molecule has 5 heteroatoms. The van der Waals surface area contributed by atoms with E-state index in [1.54, 1.807) is 0 Å². The number of hydrogen-bond donors (Lipinski definition) is 0. The number of aromatic nitrogens is 3. The van der Waals surface area contributed by atoms with Crippen molar-refractivity contribution in [3.8, 4) is 0 Å². The summed E-state index contributed by atoms with van der Waals surface area (Å²) in [6.07, 6.45) is 5.56. The van der Waals surface area contributed by atoms with Gasteiger partial charge in [0, 0.05) is 6.04 Å². The van der Waals surface area contributed by atoms with Crippen LogP contribution >= 0.6 is 0 Å². The normalized spacial score (nSPS) is 17.4. The fourth-order valence-corrected chi connectivity index (χ4v) is 3.26. The Bertz CT molecular complexity index is 476. The quantitative estimate of drug-likeness (QED) is 0.754. The third kappa shape index (κ3) is 3.63. The van der Waals surface area contributed by atoms with Gasteiger partial charge in [0.05, 0.1) is 6.61 Å². The number of carbonyl (C=O) groups is 1. The Morgan fingerprint density at radius 2 is 2.00 bits per heavy atom. The van der Waals surface area contributed by atoms with Crippen molar-refractivity contribution >= 4 is 5.97 Å². The smallest absolute Gasteiger partial charge is 0.316 e. The van der Waals surface area contributed by atoms with E-state index < -0.39 is 0 Å². The van der Waals surface area contributed by atoms with Crippen molar-refractivity contribution in [1.29, 1.82) is 0 Å². The van der Waals surface area contributed by atoms with E-state index in [9.17, 15) is 4.79 Å². The highest BCUT2D eigenvalue weighted by Gasteiger charge is 2.32.